The summed E-state index contributed by atoms with van der Waals surface area (Å²) in [6.07, 6.45) is 2.91. The number of rotatable bonds is 4. The highest BCUT2D eigenvalue weighted by Crippen LogP contribution is 2.18. The van der Waals surface area contributed by atoms with Gasteiger partial charge in [0.2, 0.25) is 0 Å². The van der Waals surface area contributed by atoms with Crippen LogP contribution in [0.15, 0.2) is 0 Å². The van der Waals surface area contributed by atoms with Crippen molar-refractivity contribution in [2.45, 2.75) is 32.2 Å². The summed E-state index contributed by atoms with van der Waals surface area (Å²) in [5.41, 5.74) is 0. The van der Waals surface area contributed by atoms with Crippen LogP contribution >= 0.6 is 0 Å². The lowest BCUT2D eigenvalue weighted by Crippen LogP contribution is -2.50. The molecule has 1 aliphatic rings. The third kappa shape index (κ3) is 3.20. The first kappa shape index (κ1) is 11.9. The molecule has 0 bridgehead atoms. The first-order valence-electron chi connectivity index (χ1n) is 5.06. The molecule has 1 atom stereocenters. The summed E-state index contributed by atoms with van der Waals surface area (Å²) < 4.78 is 23.9. The second kappa shape index (κ2) is 5.06. The highest BCUT2D eigenvalue weighted by molar-refractivity contribution is 7.86. The van der Waals surface area contributed by atoms with E-state index >= 15 is 0 Å². The van der Waals surface area contributed by atoms with E-state index in [4.69, 9.17) is 5.14 Å². The molecule has 1 saturated heterocycles. The molecule has 0 aromatic rings. The molecule has 0 amide bonds. The molecule has 1 unspecified atom stereocenters. The monoisotopic (exact) mass is 221 g/mol. The number of piperidine rings is 1. The molecule has 1 heterocycles. The van der Waals surface area contributed by atoms with Gasteiger partial charge in [-0.3, -0.25) is 0 Å². The zero-order valence-electron chi connectivity index (χ0n) is 8.57. The minimum Gasteiger partial charge on any atom is -0.315 e. The normalized spacial score (nSPS) is 25.1. The Labute approximate surface area is 85.8 Å². The fraction of sp³-hybridized carbons (Fsp3) is 1.00. The van der Waals surface area contributed by atoms with Gasteiger partial charge in [0.25, 0.3) is 10.2 Å². The fourth-order valence-electron chi connectivity index (χ4n) is 1.82. The average Bonchev–Trinajstić information content (AvgIpc) is 2.14. The van der Waals surface area contributed by atoms with Crippen LogP contribution in [-0.2, 0) is 10.2 Å². The number of likely N-dealkylation sites (N-methyl/N-ethyl adjacent to an activating group) is 1. The molecule has 0 aromatic heterocycles. The summed E-state index contributed by atoms with van der Waals surface area (Å²) in [6, 6.07) is 0.0405. The standard InChI is InChI=1S/C8H19N3O2S/c1-2-10-7-8-5-3-4-6-11(8)14(9,12)13/h8,10H,2-7H2,1H3,(H2,9,12,13). The van der Waals surface area contributed by atoms with Crippen molar-refractivity contribution in [2.75, 3.05) is 19.6 Å². The number of hydrogen-bond donors (Lipinski definition) is 2. The first-order valence-corrected chi connectivity index (χ1v) is 6.56. The lowest BCUT2D eigenvalue weighted by Gasteiger charge is -2.33. The lowest BCUT2D eigenvalue weighted by molar-refractivity contribution is 0.247. The summed E-state index contributed by atoms with van der Waals surface area (Å²) in [4.78, 5) is 0. The smallest absolute Gasteiger partial charge is 0.277 e. The highest BCUT2D eigenvalue weighted by Gasteiger charge is 2.29. The third-order valence-electron chi connectivity index (χ3n) is 2.53. The maximum absolute atomic E-state index is 11.2. The number of nitrogens with one attached hydrogen (secondary N) is 1. The zero-order chi connectivity index (χ0) is 10.6. The second-order valence-corrected chi connectivity index (χ2v) is 5.11. The molecule has 3 N–H and O–H groups in total. The van der Waals surface area contributed by atoms with Crippen molar-refractivity contribution >= 4 is 10.2 Å². The van der Waals surface area contributed by atoms with Crippen LogP contribution in [0, 0.1) is 0 Å². The molecule has 5 nitrogen and oxygen atoms in total. The summed E-state index contributed by atoms with van der Waals surface area (Å²) in [7, 11) is -3.51. The van der Waals surface area contributed by atoms with Gasteiger partial charge in [-0.05, 0) is 19.4 Å². The van der Waals surface area contributed by atoms with E-state index in [1.54, 1.807) is 0 Å². The van der Waals surface area contributed by atoms with E-state index in [-0.39, 0.29) is 6.04 Å². The van der Waals surface area contributed by atoms with Crippen molar-refractivity contribution in [1.82, 2.24) is 9.62 Å². The Morgan fingerprint density at radius 2 is 2.21 bits per heavy atom. The Kier molecular flexibility index (Phi) is 4.31. The Bertz CT molecular complexity index is 266. The molecular weight excluding hydrogens is 202 g/mol. The topological polar surface area (TPSA) is 75.4 Å². The van der Waals surface area contributed by atoms with Crippen molar-refractivity contribution < 1.29 is 8.42 Å². The molecule has 1 rings (SSSR count). The summed E-state index contributed by atoms with van der Waals surface area (Å²) >= 11 is 0. The van der Waals surface area contributed by atoms with Crippen LogP contribution < -0.4 is 10.5 Å². The predicted molar refractivity (Wildman–Crippen MR) is 56.0 cm³/mol. The molecule has 84 valence electrons. The van der Waals surface area contributed by atoms with Gasteiger partial charge in [-0.2, -0.15) is 12.7 Å². The Morgan fingerprint density at radius 3 is 2.79 bits per heavy atom. The van der Waals surface area contributed by atoms with E-state index < -0.39 is 10.2 Å². The molecule has 0 aromatic carbocycles. The Hall–Kier alpha value is -0.170. The molecule has 1 fully saturated rings. The van der Waals surface area contributed by atoms with Crippen LogP contribution in [0.1, 0.15) is 26.2 Å². The molecule has 0 spiro atoms. The van der Waals surface area contributed by atoms with Crippen LogP contribution in [0.3, 0.4) is 0 Å². The van der Waals surface area contributed by atoms with E-state index in [0.29, 0.717) is 13.1 Å². The maximum Gasteiger partial charge on any atom is 0.277 e. The third-order valence-corrected chi connectivity index (χ3v) is 3.66. The van der Waals surface area contributed by atoms with Gasteiger partial charge in [0.05, 0.1) is 0 Å². The van der Waals surface area contributed by atoms with Gasteiger partial charge in [-0.25, -0.2) is 5.14 Å². The van der Waals surface area contributed by atoms with E-state index in [9.17, 15) is 8.42 Å². The highest BCUT2D eigenvalue weighted by atomic mass is 32.2. The molecule has 6 heteroatoms. The summed E-state index contributed by atoms with van der Waals surface area (Å²) in [5, 5.41) is 8.30. The average molecular weight is 221 g/mol. The number of nitrogens with two attached hydrogens (primary N) is 1. The molecule has 1 aliphatic heterocycles. The van der Waals surface area contributed by atoms with E-state index in [1.807, 2.05) is 6.92 Å². The molecule has 14 heavy (non-hydrogen) atoms. The quantitative estimate of drug-likeness (QED) is 0.681. The largest absolute Gasteiger partial charge is 0.315 e. The van der Waals surface area contributed by atoms with Gasteiger partial charge >= 0.3 is 0 Å². The van der Waals surface area contributed by atoms with Gasteiger partial charge in [0.15, 0.2) is 0 Å². The second-order valence-electron chi connectivity index (χ2n) is 3.61. The zero-order valence-corrected chi connectivity index (χ0v) is 9.39. The van der Waals surface area contributed by atoms with Crippen molar-refractivity contribution in [2.24, 2.45) is 5.14 Å². The van der Waals surface area contributed by atoms with Crippen LogP contribution in [0.2, 0.25) is 0 Å². The number of nitrogens with zero attached hydrogens (tertiary/aromatic N) is 1. The minimum atomic E-state index is -3.51. The minimum absolute atomic E-state index is 0.0405. The summed E-state index contributed by atoms with van der Waals surface area (Å²) in [5.74, 6) is 0. The van der Waals surface area contributed by atoms with Gasteiger partial charge in [0, 0.05) is 19.1 Å². The van der Waals surface area contributed by atoms with E-state index in [1.165, 1.54) is 4.31 Å². The molecule has 0 saturated carbocycles. The van der Waals surface area contributed by atoms with Crippen LogP contribution in [0.5, 0.6) is 0 Å². The lowest BCUT2D eigenvalue weighted by atomic mass is 10.1. The van der Waals surface area contributed by atoms with Crippen molar-refractivity contribution in [3.05, 3.63) is 0 Å². The SMILES string of the molecule is CCNCC1CCCCN1S(N)(=O)=O. The molecule has 0 radical (unpaired) electrons. The van der Waals surface area contributed by atoms with Gasteiger partial charge in [-0.15, -0.1) is 0 Å². The summed E-state index contributed by atoms with van der Waals surface area (Å²) in [6.45, 7) is 4.13. The van der Waals surface area contributed by atoms with Crippen LogP contribution in [-0.4, -0.2) is 38.4 Å². The Morgan fingerprint density at radius 1 is 1.50 bits per heavy atom. The van der Waals surface area contributed by atoms with E-state index in [2.05, 4.69) is 5.32 Å². The van der Waals surface area contributed by atoms with Gasteiger partial charge in [-0.1, -0.05) is 13.3 Å². The molecule has 0 aliphatic carbocycles. The van der Waals surface area contributed by atoms with Gasteiger partial charge in [0.1, 0.15) is 0 Å². The Balaban J connectivity index is 2.60. The molecular formula is C8H19N3O2S. The van der Waals surface area contributed by atoms with Crippen molar-refractivity contribution in [3.63, 3.8) is 0 Å². The predicted octanol–water partition coefficient (Wildman–Crippen LogP) is -0.346. The van der Waals surface area contributed by atoms with E-state index in [0.717, 1.165) is 25.8 Å². The maximum atomic E-state index is 11.2. The van der Waals surface area contributed by atoms with Crippen LogP contribution in [0.4, 0.5) is 0 Å². The van der Waals surface area contributed by atoms with Crippen LogP contribution in [0.25, 0.3) is 0 Å². The van der Waals surface area contributed by atoms with Crippen molar-refractivity contribution in [1.29, 1.82) is 0 Å². The fourth-order valence-corrected chi connectivity index (χ4v) is 2.80. The van der Waals surface area contributed by atoms with Gasteiger partial charge < -0.3 is 5.32 Å². The first-order chi connectivity index (χ1) is 6.55. The number of hydrogen-bond acceptors (Lipinski definition) is 3. The van der Waals surface area contributed by atoms with Crippen molar-refractivity contribution in [3.8, 4) is 0 Å².